The monoisotopic (exact) mass is 420 g/mol. The minimum absolute atomic E-state index is 0.0707. The second-order valence-corrected chi connectivity index (χ2v) is 8.70. The summed E-state index contributed by atoms with van der Waals surface area (Å²) >= 11 is 0. The van der Waals surface area contributed by atoms with E-state index in [0.717, 1.165) is 0 Å². The molecule has 0 heterocycles. The molecule has 8 heteroatoms. The first-order chi connectivity index (χ1) is 13.8. The quantitative estimate of drug-likeness (QED) is 0.639. The zero-order valence-corrected chi connectivity index (χ0v) is 18.0. The molecule has 7 nitrogen and oxygen atoms in total. The van der Waals surface area contributed by atoms with Crippen LogP contribution in [0.1, 0.15) is 29.8 Å². The highest BCUT2D eigenvalue weighted by Gasteiger charge is 2.22. The van der Waals surface area contributed by atoms with E-state index >= 15 is 0 Å². The van der Waals surface area contributed by atoms with Crippen molar-refractivity contribution in [2.24, 2.45) is 0 Å². The number of nitrogens with zero attached hydrogens (tertiary/aromatic N) is 1. The summed E-state index contributed by atoms with van der Waals surface area (Å²) in [5, 5.41) is 2.85. The van der Waals surface area contributed by atoms with E-state index < -0.39 is 10.0 Å². The smallest absolute Gasteiger partial charge is 0.251 e. The van der Waals surface area contributed by atoms with E-state index in [2.05, 4.69) is 5.32 Å². The van der Waals surface area contributed by atoms with Gasteiger partial charge in [-0.1, -0.05) is 18.2 Å². The highest BCUT2D eigenvalue weighted by Crippen LogP contribution is 2.24. The number of carbonyl (C=O) groups is 1. The lowest BCUT2D eigenvalue weighted by molar-refractivity contribution is 0.0905. The van der Waals surface area contributed by atoms with E-state index in [9.17, 15) is 13.2 Å². The van der Waals surface area contributed by atoms with Crippen LogP contribution in [-0.4, -0.2) is 52.0 Å². The first kappa shape index (κ1) is 22.9. The number of sulfonamides is 1. The standard InChI is InChI=1S/C21H28N2O5S/c1-5-28-20-12-11-17(21(24)22-16(2)15-27-4)13-18(20)14-23(3)29(25,26)19-9-7-6-8-10-19/h6-13,16H,5,14-15H2,1-4H3,(H,22,24)/t16-/m0/s1. The van der Waals surface area contributed by atoms with Gasteiger partial charge in [-0.25, -0.2) is 8.42 Å². The first-order valence-corrected chi connectivity index (χ1v) is 10.8. The Balaban J connectivity index is 2.28. The fourth-order valence-corrected chi connectivity index (χ4v) is 4.01. The van der Waals surface area contributed by atoms with E-state index in [1.54, 1.807) is 55.6 Å². The number of rotatable bonds is 10. The second kappa shape index (κ2) is 10.4. The van der Waals surface area contributed by atoms with Crippen molar-refractivity contribution in [2.75, 3.05) is 27.4 Å². The molecule has 2 aromatic carbocycles. The molecule has 0 saturated heterocycles. The molecule has 0 radical (unpaired) electrons. The lowest BCUT2D eigenvalue weighted by Gasteiger charge is -2.20. The van der Waals surface area contributed by atoms with Crippen LogP contribution in [0.4, 0.5) is 0 Å². The Hall–Kier alpha value is -2.42. The van der Waals surface area contributed by atoms with Gasteiger partial charge >= 0.3 is 0 Å². The van der Waals surface area contributed by atoms with Crippen molar-refractivity contribution in [1.29, 1.82) is 0 Å². The average molecular weight is 421 g/mol. The molecule has 158 valence electrons. The zero-order valence-electron chi connectivity index (χ0n) is 17.2. The number of ether oxygens (including phenoxy) is 2. The van der Waals surface area contributed by atoms with E-state index in [-0.39, 0.29) is 23.4 Å². The molecule has 0 aromatic heterocycles. The lowest BCUT2D eigenvalue weighted by Crippen LogP contribution is -2.35. The Morgan fingerprint density at radius 2 is 1.86 bits per heavy atom. The second-order valence-electron chi connectivity index (χ2n) is 6.66. The van der Waals surface area contributed by atoms with Gasteiger partial charge in [-0.05, 0) is 44.2 Å². The average Bonchev–Trinajstić information content (AvgIpc) is 2.70. The van der Waals surface area contributed by atoms with Crippen molar-refractivity contribution >= 4 is 15.9 Å². The third kappa shape index (κ3) is 6.03. The summed E-state index contributed by atoms with van der Waals surface area (Å²) in [4.78, 5) is 12.7. The summed E-state index contributed by atoms with van der Waals surface area (Å²) in [6.45, 7) is 4.59. The maximum atomic E-state index is 12.8. The van der Waals surface area contributed by atoms with Crippen molar-refractivity contribution < 1.29 is 22.7 Å². The fourth-order valence-electron chi connectivity index (χ4n) is 2.84. The Kier molecular flexibility index (Phi) is 8.19. The number of hydrogen-bond acceptors (Lipinski definition) is 5. The molecule has 1 atom stereocenters. The van der Waals surface area contributed by atoms with Gasteiger partial charge < -0.3 is 14.8 Å². The van der Waals surface area contributed by atoms with Crippen LogP contribution in [0.5, 0.6) is 5.75 Å². The van der Waals surface area contributed by atoms with E-state index in [4.69, 9.17) is 9.47 Å². The number of carbonyl (C=O) groups excluding carboxylic acids is 1. The largest absolute Gasteiger partial charge is 0.494 e. The predicted octanol–water partition coefficient (Wildman–Crippen LogP) is 2.67. The Morgan fingerprint density at radius 1 is 1.17 bits per heavy atom. The van der Waals surface area contributed by atoms with Crippen molar-refractivity contribution in [3.63, 3.8) is 0 Å². The summed E-state index contributed by atoms with van der Waals surface area (Å²) in [7, 11) is -0.592. The molecule has 1 N–H and O–H groups in total. The van der Waals surface area contributed by atoms with Crippen LogP contribution in [-0.2, 0) is 21.3 Å². The minimum atomic E-state index is -3.67. The Morgan fingerprint density at radius 3 is 2.48 bits per heavy atom. The Labute approximate surface area is 172 Å². The van der Waals surface area contributed by atoms with Crippen molar-refractivity contribution in [3.8, 4) is 5.75 Å². The summed E-state index contributed by atoms with van der Waals surface area (Å²) in [5.41, 5.74) is 1.04. The zero-order chi connectivity index (χ0) is 21.4. The number of nitrogens with one attached hydrogen (secondary N) is 1. The molecule has 1 amide bonds. The molecule has 0 fully saturated rings. The molecule has 0 saturated carbocycles. The minimum Gasteiger partial charge on any atom is -0.494 e. The summed E-state index contributed by atoms with van der Waals surface area (Å²) < 4.78 is 37.6. The van der Waals surface area contributed by atoms with Crippen molar-refractivity contribution in [1.82, 2.24) is 9.62 Å². The maximum Gasteiger partial charge on any atom is 0.251 e. The predicted molar refractivity (Wildman–Crippen MR) is 112 cm³/mol. The summed E-state index contributed by atoms with van der Waals surface area (Å²) in [6.07, 6.45) is 0. The van der Waals surface area contributed by atoms with E-state index in [0.29, 0.717) is 30.1 Å². The van der Waals surface area contributed by atoms with Crippen LogP contribution in [0, 0.1) is 0 Å². The van der Waals surface area contributed by atoms with Gasteiger partial charge in [0.1, 0.15) is 5.75 Å². The van der Waals surface area contributed by atoms with Crippen molar-refractivity contribution in [2.45, 2.75) is 31.3 Å². The van der Waals surface area contributed by atoms with E-state index in [1.807, 2.05) is 13.8 Å². The fraction of sp³-hybridized carbons (Fsp3) is 0.381. The van der Waals surface area contributed by atoms with Crippen LogP contribution in [0.3, 0.4) is 0 Å². The topological polar surface area (TPSA) is 84.9 Å². The molecular formula is C21H28N2O5S. The molecule has 29 heavy (non-hydrogen) atoms. The molecule has 2 rings (SSSR count). The van der Waals surface area contributed by atoms with Gasteiger partial charge in [0.15, 0.2) is 0 Å². The van der Waals surface area contributed by atoms with Crippen LogP contribution in [0.2, 0.25) is 0 Å². The maximum absolute atomic E-state index is 12.8. The molecule has 0 aliphatic rings. The van der Waals surface area contributed by atoms with Crippen LogP contribution < -0.4 is 10.1 Å². The van der Waals surface area contributed by atoms with Crippen LogP contribution in [0.15, 0.2) is 53.4 Å². The van der Waals surface area contributed by atoms with Gasteiger partial charge in [0.25, 0.3) is 5.91 Å². The molecule has 2 aromatic rings. The van der Waals surface area contributed by atoms with Gasteiger partial charge in [-0.15, -0.1) is 0 Å². The third-order valence-corrected chi connectivity index (χ3v) is 6.08. The van der Waals surface area contributed by atoms with Gasteiger partial charge in [-0.2, -0.15) is 4.31 Å². The highest BCUT2D eigenvalue weighted by molar-refractivity contribution is 7.89. The lowest BCUT2D eigenvalue weighted by atomic mass is 10.1. The van der Waals surface area contributed by atoms with Gasteiger partial charge in [0.05, 0.1) is 18.1 Å². The van der Waals surface area contributed by atoms with Crippen molar-refractivity contribution in [3.05, 3.63) is 59.7 Å². The molecule has 0 unspecified atom stereocenters. The number of amides is 1. The number of benzene rings is 2. The van der Waals surface area contributed by atoms with Crippen LogP contribution in [0.25, 0.3) is 0 Å². The normalized spacial score (nSPS) is 12.6. The molecule has 0 spiro atoms. The summed E-state index contributed by atoms with van der Waals surface area (Å²) in [6, 6.07) is 13.1. The highest BCUT2D eigenvalue weighted by atomic mass is 32.2. The van der Waals surface area contributed by atoms with E-state index in [1.165, 1.54) is 11.4 Å². The number of hydrogen-bond donors (Lipinski definition) is 1. The SMILES string of the molecule is CCOc1ccc(C(=O)N[C@@H](C)COC)cc1CN(C)S(=O)(=O)c1ccccc1. The molecule has 0 aliphatic carbocycles. The van der Waals surface area contributed by atoms with Crippen LogP contribution >= 0.6 is 0 Å². The summed E-state index contributed by atoms with van der Waals surface area (Å²) in [5.74, 6) is 0.288. The van der Waals surface area contributed by atoms with Gasteiger partial charge in [0, 0.05) is 37.9 Å². The molecular weight excluding hydrogens is 392 g/mol. The number of methoxy groups -OCH3 is 1. The Bertz CT molecular complexity index is 916. The first-order valence-electron chi connectivity index (χ1n) is 9.36. The van der Waals surface area contributed by atoms with Gasteiger partial charge in [0.2, 0.25) is 10.0 Å². The molecule has 0 bridgehead atoms. The third-order valence-electron chi connectivity index (χ3n) is 4.26. The van der Waals surface area contributed by atoms with Gasteiger partial charge in [-0.3, -0.25) is 4.79 Å². The molecule has 0 aliphatic heterocycles.